The number of hydrogen-bond donors (Lipinski definition) is 4. The van der Waals surface area contributed by atoms with Gasteiger partial charge in [0.1, 0.15) is 5.69 Å². The van der Waals surface area contributed by atoms with Crippen LogP contribution in [0.4, 0.5) is 5.82 Å². The maximum absolute atomic E-state index is 12.7. The quantitative estimate of drug-likeness (QED) is 0.500. The number of aromatic nitrogens is 2. The first kappa shape index (κ1) is 24.0. The molecule has 0 fully saturated rings. The van der Waals surface area contributed by atoms with E-state index in [0.717, 1.165) is 0 Å². The van der Waals surface area contributed by atoms with Gasteiger partial charge in [-0.25, -0.2) is 23.1 Å². The van der Waals surface area contributed by atoms with E-state index in [4.69, 9.17) is 17.3 Å². The topological polar surface area (TPSA) is 147 Å². The number of nitrogens with two attached hydrogens (primary N) is 1. The van der Waals surface area contributed by atoms with E-state index in [2.05, 4.69) is 20.0 Å². The number of benzene rings is 1. The Hall–Kier alpha value is -2.27. The van der Waals surface area contributed by atoms with Crippen molar-refractivity contribution in [2.24, 2.45) is 5.73 Å². The van der Waals surface area contributed by atoms with Crippen LogP contribution in [0, 0.1) is 0 Å². The second-order valence-electron chi connectivity index (χ2n) is 8.47. The molecule has 11 heteroatoms. The van der Waals surface area contributed by atoms with E-state index >= 15 is 0 Å². The number of rotatable bonds is 7. The molecule has 0 bridgehead atoms. The molecule has 0 aliphatic heterocycles. The summed E-state index contributed by atoms with van der Waals surface area (Å²) in [5, 5.41) is 12.4. The van der Waals surface area contributed by atoms with Gasteiger partial charge < -0.3 is 16.2 Å². The van der Waals surface area contributed by atoms with Crippen molar-refractivity contribution in [3.63, 3.8) is 0 Å². The van der Waals surface area contributed by atoms with Crippen molar-refractivity contribution in [2.75, 3.05) is 11.9 Å². The van der Waals surface area contributed by atoms with Gasteiger partial charge in [0.25, 0.3) is 5.91 Å². The average molecular weight is 456 g/mol. The van der Waals surface area contributed by atoms with Crippen LogP contribution in [-0.2, 0) is 10.0 Å². The lowest BCUT2D eigenvalue weighted by Crippen LogP contribution is -2.40. The van der Waals surface area contributed by atoms with Gasteiger partial charge in [-0.05, 0) is 46.8 Å². The van der Waals surface area contributed by atoms with Crippen molar-refractivity contribution in [1.82, 2.24) is 14.7 Å². The normalized spacial score (nSPS) is 12.6. The third kappa shape index (κ3) is 5.88. The van der Waals surface area contributed by atoms with Gasteiger partial charge in [-0.3, -0.25) is 4.79 Å². The zero-order valence-corrected chi connectivity index (χ0v) is 19.0. The maximum atomic E-state index is 12.7. The molecule has 1 aromatic heterocycles. The summed E-state index contributed by atoms with van der Waals surface area (Å²) in [5.41, 5.74) is 4.16. The number of hydrogen-bond acceptors (Lipinski definition) is 7. The minimum absolute atomic E-state index is 0.0136. The van der Waals surface area contributed by atoms with Gasteiger partial charge in [0.05, 0.1) is 17.0 Å². The van der Waals surface area contributed by atoms with Crippen molar-refractivity contribution in [1.29, 1.82) is 0 Å². The average Bonchev–Trinajstić information content (AvgIpc) is 2.59. The first-order valence-electron chi connectivity index (χ1n) is 9.06. The number of anilines is 1. The second-order valence-corrected chi connectivity index (χ2v) is 10.5. The van der Waals surface area contributed by atoms with Gasteiger partial charge in [0, 0.05) is 11.1 Å². The SMILES string of the molecule is CC(C)(C)NS(=O)(=O)c1cccc(-c2nc(C(N)=O)c(Cl)nc2NC(C)(C)CO)c1. The van der Waals surface area contributed by atoms with Crippen LogP contribution in [0.1, 0.15) is 45.1 Å². The second kappa shape index (κ2) is 8.46. The Morgan fingerprint density at radius 1 is 1.20 bits per heavy atom. The molecule has 30 heavy (non-hydrogen) atoms. The number of carbonyl (C=O) groups excluding carboxylic acids is 1. The highest BCUT2D eigenvalue weighted by molar-refractivity contribution is 7.89. The Balaban J connectivity index is 2.68. The third-order valence-electron chi connectivity index (χ3n) is 3.80. The number of amides is 1. The van der Waals surface area contributed by atoms with Crippen molar-refractivity contribution in [3.8, 4) is 11.3 Å². The molecular formula is C19H26ClN5O4S. The van der Waals surface area contributed by atoms with Crippen molar-refractivity contribution in [3.05, 3.63) is 35.1 Å². The lowest BCUT2D eigenvalue weighted by Gasteiger charge is -2.26. The van der Waals surface area contributed by atoms with Gasteiger partial charge in [-0.1, -0.05) is 23.7 Å². The molecule has 0 aliphatic carbocycles. The van der Waals surface area contributed by atoms with Gasteiger partial charge in [0.2, 0.25) is 10.0 Å². The molecule has 1 heterocycles. The van der Waals surface area contributed by atoms with E-state index in [9.17, 15) is 18.3 Å². The Morgan fingerprint density at radius 2 is 1.83 bits per heavy atom. The highest BCUT2D eigenvalue weighted by atomic mass is 35.5. The van der Waals surface area contributed by atoms with Crippen molar-refractivity contribution >= 4 is 33.3 Å². The summed E-state index contributed by atoms with van der Waals surface area (Å²) >= 11 is 6.05. The van der Waals surface area contributed by atoms with E-state index in [1.807, 2.05) is 0 Å². The van der Waals surface area contributed by atoms with Crippen molar-refractivity contribution < 1.29 is 18.3 Å². The fourth-order valence-electron chi connectivity index (χ4n) is 2.49. The zero-order valence-electron chi connectivity index (χ0n) is 17.4. The highest BCUT2D eigenvalue weighted by Gasteiger charge is 2.25. The van der Waals surface area contributed by atoms with E-state index in [1.165, 1.54) is 12.1 Å². The fraction of sp³-hybridized carbons (Fsp3) is 0.421. The molecule has 0 saturated heterocycles. The number of halogens is 1. The first-order chi connectivity index (χ1) is 13.6. The lowest BCUT2D eigenvalue weighted by molar-refractivity contribution is 0.0995. The molecule has 0 saturated carbocycles. The van der Waals surface area contributed by atoms with E-state index in [1.54, 1.807) is 46.8 Å². The summed E-state index contributed by atoms with van der Waals surface area (Å²) in [4.78, 5) is 20.1. The van der Waals surface area contributed by atoms with Crippen LogP contribution in [0.5, 0.6) is 0 Å². The molecule has 1 aromatic carbocycles. The predicted molar refractivity (Wildman–Crippen MR) is 116 cm³/mol. The zero-order chi connectivity index (χ0) is 22.9. The third-order valence-corrected chi connectivity index (χ3v) is 5.82. The molecule has 5 N–H and O–H groups in total. The summed E-state index contributed by atoms with van der Waals surface area (Å²) < 4.78 is 28.0. The molecule has 1 amide bonds. The smallest absolute Gasteiger partial charge is 0.270 e. The molecule has 9 nitrogen and oxygen atoms in total. The molecule has 2 rings (SSSR count). The minimum atomic E-state index is -3.81. The van der Waals surface area contributed by atoms with Crippen LogP contribution in [0.3, 0.4) is 0 Å². The fourth-order valence-corrected chi connectivity index (χ4v) is 4.18. The molecule has 164 valence electrons. The van der Waals surface area contributed by atoms with Crippen LogP contribution in [0.25, 0.3) is 11.3 Å². The number of nitrogens with one attached hydrogen (secondary N) is 2. The Kier molecular flexibility index (Phi) is 6.77. The lowest BCUT2D eigenvalue weighted by atomic mass is 10.1. The van der Waals surface area contributed by atoms with Crippen LogP contribution in [0.15, 0.2) is 29.2 Å². The maximum Gasteiger partial charge on any atom is 0.270 e. The Labute approximate surface area is 181 Å². The van der Waals surface area contributed by atoms with E-state index in [-0.39, 0.29) is 33.9 Å². The van der Waals surface area contributed by atoms with Crippen LogP contribution >= 0.6 is 11.6 Å². The summed E-state index contributed by atoms with van der Waals surface area (Å²) in [6.45, 7) is 8.42. The van der Waals surface area contributed by atoms with Gasteiger partial charge in [-0.2, -0.15) is 0 Å². The number of nitrogens with zero attached hydrogens (tertiary/aromatic N) is 2. The number of sulfonamides is 1. The molecule has 2 aromatic rings. The Morgan fingerprint density at radius 3 is 2.37 bits per heavy atom. The molecule has 0 radical (unpaired) electrons. The molecule has 0 spiro atoms. The highest BCUT2D eigenvalue weighted by Crippen LogP contribution is 2.31. The molecule has 0 atom stereocenters. The molecule has 0 aliphatic rings. The van der Waals surface area contributed by atoms with Crippen LogP contribution in [0.2, 0.25) is 5.15 Å². The first-order valence-corrected chi connectivity index (χ1v) is 10.9. The predicted octanol–water partition coefficient (Wildman–Crippen LogP) is 2.16. The van der Waals surface area contributed by atoms with Gasteiger partial charge >= 0.3 is 0 Å². The van der Waals surface area contributed by atoms with Crippen LogP contribution < -0.4 is 15.8 Å². The molecule has 0 unspecified atom stereocenters. The van der Waals surface area contributed by atoms with Gasteiger partial charge in [0.15, 0.2) is 16.7 Å². The monoisotopic (exact) mass is 455 g/mol. The van der Waals surface area contributed by atoms with E-state index < -0.39 is 27.0 Å². The van der Waals surface area contributed by atoms with E-state index in [0.29, 0.717) is 5.56 Å². The summed E-state index contributed by atoms with van der Waals surface area (Å²) in [5.74, 6) is -0.706. The minimum Gasteiger partial charge on any atom is -0.394 e. The standard InChI is InChI=1S/C19H26ClN5O4S/c1-18(2,3)25-30(28,29)12-8-6-7-11(9-12)13-17(24-19(4,5)10-26)23-15(20)14(22-13)16(21)27/h6-9,25-26H,10H2,1-5H3,(H2,21,27)(H,23,24). The summed E-state index contributed by atoms with van der Waals surface area (Å²) in [6, 6.07) is 6.03. The summed E-state index contributed by atoms with van der Waals surface area (Å²) in [7, 11) is -3.81. The molecular weight excluding hydrogens is 430 g/mol. The largest absolute Gasteiger partial charge is 0.394 e. The number of carbonyl (C=O) groups is 1. The van der Waals surface area contributed by atoms with Gasteiger partial charge in [-0.15, -0.1) is 0 Å². The van der Waals surface area contributed by atoms with Crippen molar-refractivity contribution in [2.45, 2.75) is 50.6 Å². The number of aliphatic hydroxyl groups excluding tert-OH is 1. The number of aliphatic hydroxyl groups is 1. The summed E-state index contributed by atoms with van der Waals surface area (Å²) in [6.07, 6.45) is 0. The number of primary amides is 1. The Bertz CT molecular complexity index is 1070. The van der Waals surface area contributed by atoms with Crippen LogP contribution in [-0.4, -0.2) is 47.1 Å².